The molecule has 15 heteroatoms. The van der Waals surface area contributed by atoms with Gasteiger partial charge >= 0.3 is 6.03 Å². The van der Waals surface area contributed by atoms with Crippen LogP contribution < -0.4 is 30.9 Å². The molecule has 4 aromatic rings. The van der Waals surface area contributed by atoms with Gasteiger partial charge < -0.3 is 21.1 Å². The van der Waals surface area contributed by atoms with Gasteiger partial charge in [0.25, 0.3) is 5.91 Å². The van der Waals surface area contributed by atoms with Crippen LogP contribution in [-0.4, -0.2) is 64.8 Å². The van der Waals surface area contributed by atoms with Crippen LogP contribution in [0.2, 0.25) is 0 Å². The summed E-state index contributed by atoms with van der Waals surface area (Å²) < 4.78 is 6.09. The van der Waals surface area contributed by atoms with Crippen LogP contribution in [0.1, 0.15) is 51.1 Å². The van der Waals surface area contributed by atoms with Gasteiger partial charge in [-0.3, -0.25) is 29.0 Å². The molecule has 0 spiro atoms. The molecule has 1 aliphatic rings. The van der Waals surface area contributed by atoms with Crippen molar-refractivity contribution in [2.24, 2.45) is 11.1 Å². The van der Waals surface area contributed by atoms with E-state index in [1.807, 2.05) is 56.5 Å². The smallest absolute Gasteiger partial charge is 0.321 e. The van der Waals surface area contributed by atoms with Gasteiger partial charge in [-0.1, -0.05) is 75.2 Å². The van der Waals surface area contributed by atoms with Crippen molar-refractivity contribution in [1.29, 1.82) is 0 Å². The molecule has 4 N–H and O–H groups in total. The molecule has 0 aliphatic carbocycles. The minimum absolute atomic E-state index is 0.000145. The Morgan fingerprint density at radius 3 is 2.31 bits per heavy atom. The van der Waals surface area contributed by atoms with Crippen molar-refractivity contribution in [3.05, 3.63) is 96.8 Å². The van der Waals surface area contributed by atoms with E-state index in [1.165, 1.54) is 24.2 Å². The highest BCUT2D eigenvalue weighted by atomic mass is 32.2. The Morgan fingerprint density at radius 1 is 1.00 bits per heavy atom. The number of nitrogens with one attached hydrogen (secondary N) is 2. The number of rotatable bonds is 16. The number of nitrogens with two attached hydrogens (primary N) is 1. The molecule has 283 valence electrons. The number of thioether (sulfide) groups is 1. The highest BCUT2D eigenvalue weighted by Crippen LogP contribution is 2.51. The van der Waals surface area contributed by atoms with Gasteiger partial charge in [0.1, 0.15) is 17.2 Å². The van der Waals surface area contributed by atoms with Crippen molar-refractivity contribution in [3.63, 3.8) is 0 Å². The van der Waals surface area contributed by atoms with Crippen LogP contribution >= 0.6 is 23.5 Å². The average Bonchev–Trinajstić information content (AvgIpc) is 3.27. The maximum absolute atomic E-state index is 14.5. The number of anilines is 3. The largest absolute Gasteiger partial charge is 0.483 e. The number of ether oxygens (including phenoxy) is 1. The van der Waals surface area contributed by atoms with E-state index >= 15 is 0 Å². The lowest BCUT2D eigenvalue weighted by Gasteiger charge is -2.33. The molecule has 0 saturated heterocycles. The number of urea groups is 1. The van der Waals surface area contributed by atoms with E-state index in [0.29, 0.717) is 57.1 Å². The number of hydrogen-bond donors (Lipinski definition) is 4. The first-order valence-corrected chi connectivity index (χ1v) is 19.7. The number of carbonyl (C=O) groups is 5. The Labute approximate surface area is 322 Å². The highest BCUT2D eigenvalue weighted by molar-refractivity contribution is 8.14. The van der Waals surface area contributed by atoms with Crippen LogP contribution in [0.15, 0.2) is 101 Å². The van der Waals surface area contributed by atoms with Crippen molar-refractivity contribution < 1.29 is 28.7 Å². The van der Waals surface area contributed by atoms with Crippen LogP contribution in [0.5, 0.6) is 5.75 Å². The number of amides is 5. The first-order chi connectivity index (χ1) is 26.1. The summed E-state index contributed by atoms with van der Waals surface area (Å²) in [6, 6.07) is 21.3. The van der Waals surface area contributed by atoms with Crippen molar-refractivity contribution in [1.82, 2.24) is 20.6 Å². The third-order valence-corrected chi connectivity index (χ3v) is 11.1. The number of thiol groups is 1. The van der Waals surface area contributed by atoms with Crippen LogP contribution in [0.25, 0.3) is 0 Å². The third kappa shape index (κ3) is 9.02. The van der Waals surface area contributed by atoms with Gasteiger partial charge in [0.2, 0.25) is 17.8 Å². The van der Waals surface area contributed by atoms with E-state index in [-0.39, 0.29) is 30.1 Å². The first kappa shape index (κ1) is 39.8. The maximum Gasteiger partial charge on any atom is 0.321 e. The second-order valence-electron chi connectivity index (χ2n) is 12.5. The Hall–Kier alpha value is -5.41. The van der Waals surface area contributed by atoms with E-state index in [4.69, 9.17) is 10.5 Å². The number of unbranched alkanes of at least 4 members (excludes halogenated alkanes) is 1. The molecule has 1 unspecified atom stereocenters. The Balaban J connectivity index is 1.36. The van der Waals surface area contributed by atoms with Crippen LogP contribution in [0.4, 0.5) is 22.1 Å². The fraction of sp³-hybridized carbons (Fsp3) is 0.308. The predicted octanol–water partition coefficient (Wildman–Crippen LogP) is 5.75. The molecule has 5 amide bonds. The molecule has 1 aromatic heterocycles. The topological polar surface area (TPSA) is 177 Å². The zero-order valence-electron chi connectivity index (χ0n) is 30.4. The molecule has 0 bridgehead atoms. The molecule has 13 nitrogen and oxygen atoms in total. The van der Waals surface area contributed by atoms with Crippen molar-refractivity contribution in [2.75, 3.05) is 35.8 Å². The number of hydrogen-bond acceptors (Lipinski definition) is 9. The van der Waals surface area contributed by atoms with Crippen molar-refractivity contribution >= 4 is 69.7 Å². The predicted molar refractivity (Wildman–Crippen MR) is 211 cm³/mol. The second kappa shape index (κ2) is 18.6. The number of carbonyl (C=O) groups excluding carboxylic acids is 5. The standard InChI is InChI=1S/C39H44N7O6S2/c1-4-6-18-39(5-2)35(49)46(27-16-11-8-12-17-27)28-23-31(53-3)29(24-30(28)54-36(39)50)52-25-32(47)44-33(26-14-9-7-10-15-26)34(48)41-21-22-45(37(40)51)38-42-19-13-20-43-38/h7-17,19-20,23-24,33,54H,4-6,18,21-22,25H2,1-3H3,(H2,40,51)(H,41,48)(H,44,47)/t33-,39?/m1/s1. The van der Waals surface area contributed by atoms with Crippen LogP contribution in [0, 0.1) is 5.41 Å². The fourth-order valence-corrected chi connectivity index (χ4v) is 7.95. The lowest BCUT2D eigenvalue weighted by molar-refractivity contribution is -0.136. The summed E-state index contributed by atoms with van der Waals surface area (Å²) in [5.74, 6) is -0.881. The molecule has 3 aromatic carbocycles. The summed E-state index contributed by atoms with van der Waals surface area (Å²) in [7, 11) is 0. The Morgan fingerprint density at radius 2 is 1.69 bits per heavy atom. The number of fused-ring (bicyclic) bond motifs is 1. The van der Waals surface area contributed by atoms with E-state index in [9.17, 15) is 24.0 Å². The quantitative estimate of drug-likeness (QED) is 0.0628. The summed E-state index contributed by atoms with van der Waals surface area (Å²) in [4.78, 5) is 79.6. The highest BCUT2D eigenvalue weighted by Gasteiger charge is 2.49. The number of aromatic nitrogens is 2. The van der Waals surface area contributed by atoms with E-state index in [2.05, 4.69) is 20.6 Å². The minimum atomic E-state index is -1.19. The number of primary amides is 1. The van der Waals surface area contributed by atoms with Gasteiger partial charge in [-0.25, -0.2) is 14.8 Å². The third-order valence-electron chi connectivity index (χ3n) is 9.07. The summed E-state index contributed by atoms with van der Waals surface area (Å²) in [5, 5.41) is 5.35. The van der Waals surface area contributed by atoms with Gasteiger partial charge in [0.05, 0.1) is 10.6 Å². The van der Waals surface area contributed by atoms with Crippen molar-refractivity contribution in [2.45, 2.75) is 55.4 Å². The van der Waals surface area contributed by atoms with E-state index in [0.717, 1.165) is 17.7 Å². The summed E-state index contributed by atoms with van der Waals surface area (Å²) in [6.45, 7) is 3.48. The monoisotopic (exact) mass is 770 g/mol. The lowest BCUT2D eigenvalue weighted by atomic mass is 9.79. The molecule has 1 radical (unpaired) electrons. The molecule has 1 aliphatic heterocycles. The SMILES string of the molecule is CCCCC1(CC)C(=O)[SH]c2cc(OCC(=O)N[C@@H](C(=O)NCCN(C(N)=O)c3ncccn3)c3ccccc3)c(SC)cc2N(c2ccccc2)C1=O. The maximum atomic E-state index is 14.5. The number of para-hydroxylation sites is 1. The first-order valence-electron chi connectivity index (χ1n) is 17.6. The van der Waals surface area contributed by atoms with E-state index < -0.39 is 35.9 Å². The molecule has 2 atom stereocenters. The number of nitrogens with zero attached hydrogens (tertiary/aromatic N) is 4. The zero-order valence-corrected chi connectivity index (χ0v) is 32.1. The molecular weight excluding hydrogens is 727 g/mol. The van der Waals surface area contributed by atoms with E-state index in [1.54, 1.807) is 47.4 Å². The molecule has 5 rings (SSSR count). The summed E-state index contributed by atoms with van der Waals surface area (Å²) in [5.41, 5.74) is 6.10. The Kier molecular flexibility index (Phi) is 13.7. The summed E-state index contributed by atoms with van der Waals surface area (Å²) >= 11 is 1.74. The molecule has 0 saturated carbocycles. The Bertz CT molecular complexity index is 1960. The zero-order chi connectivity index (χ0) is 38.7. The van der Waals surface area contributed by atoms with Gasteiger partial charge in [-0.05, 0) is 55.0 Å². The second-order valence-corrected chi connectivity index (χ2v) is 14.4. The van der Waals surface area contributed by atoms with Gasteiger partial charge in [0, 0.05) is 36.1 Å². The fourth-order valence-electron chi connectivity index (χ4n) is 6.14. The average molecular weight is 771 g/mol. The number of benzene rings is 3. The van der Waals surface area contributed by atoms with Crippen LogP contribution in [-0.2, 0) is 19.2 Å². The molecule has 2 heterocycles. The molecule has 54 heavy (non-hydrogen) atoms. The molecule has 0 fully saturated rings. The minimum Gasteiger partial charge on any atom is -0.483 e. The summed E-state index contributed by atoms with van der Waals surface area (Å²) in [6.07, 6.45) is 7.20. The van der Waals surface area contributed by atoms with Gasteiger partial charge in [-0.15, -0.1) is 23.5 Å². The van der Waals surface area contributed by atoms with Crippen LogP contribution in [0.3, 0.4) is 0 Å². The van der Waals surface area contributed by atoms with Gasteiger partial charge in [-0.2, -0.15) is 0 Å². The van der Waals surface area contributed by atoms with Gasteiger partial charge in [0.15, 0.2) is 11.7 Å². The normalized spacial score (nSPS) is 15.8. The lowest BCUT2D eigenvalue weighted by Crippen LogP contribution is -2.46. The molecular formula is C39H44N7O6S2. The van der Waals surface area contributed by atoms with Crippen molar-refractivity contribution in [3.8, 4) is 5.75 Å².